The van der Waals surface area contributed by atoms with Gasteiger partial charge in [-0.15, -0.1) is 0 Å². The Labute approximate surface area is 178 Å². The van der Waals surface area contributed by atoms with E-state index in [0.29, 0.717) is 5.75 Å². The van der Waals surface area contributed by atoms with Crippen molar-refractivity contribution in [3.05, 3.63) is 68.9 Å². The molecule has 5 heteroatoms. The van der Waals surface area contributed by atoms with Crippen LogP contribution in [0.2, 0.25) is 0 Å². The Morgan fingerprint density at radius 3 is 2.10 bits per heavy atom. The third-order valence-corrected chi connectivity index (χ3v) is 5.64. The molecule has 2 aliphatic carbocycles. The van der Waals surface area contributed by atoms with Crippen molar-refractivity contribution < 1.29 is 19.1 Å². The third-order valence-electron chi connectivity index (χ3n) is 5.04. The van der Waals surface area contributed by atoms with Gasteiger partial charge in [0.15, 0.2) is 0 Å². The lowest BCUT2D eigenvalue weighted by molar-refractivity contribution is -0.138. The highest BCUT2D eigenvalue weighted by molar-refractivity contribution is 7.98. The monoisotopic (exact) mass is 414 g/mol. The minimum atomic E-state index is -0.558. The average molecular weight is 415 g/mol. The number of esters is 2. The Balaban J connectivity index is 3.05. The molecule has 0 amide bonds. The summed E-state index contributed by atoms with van der Waals surface area (Å²) < 4.78 is 10.1. The molecule has 0 atom stereocenters. The first kappa shape index (κ1) is 23.0. The summed E-state index contributed by atoms with van der Waals surface area (Å²) in [5.41, 5.74) is 6.31. The van der Waals surface area contributed by atoms with Crippen molar-refractivity contribution in [3.63, 3.8) is 0 Å². The zero-order valence-corrected chi connectivity index (χ0v) is 19.4. The zero-order valence-electron chi connectivity index (χ0n) is 18.6. The van der Waals surface area contributed by atoms with Gasteiger partial charge in [-0.05, 0) is 59.5 Å². The highest BCUT2D eigenvalue weighted by Crippen LogP contribution is 2.42. The van der Waals surface area contributed by atoms with Crippen LogP contribution in [0.3, 0.4) is 0 Å². The van der Waals surface area contributed by atoms with Gasteiger partial charge in [-0.3, -0.25) is 0 Å². The van der Waals surface area contributed by atoms with Crippen LogP contribution < -0.4 is 0 Å². The van der Waals surface area contributed by atoms with Crippen LogP contribution >= 0.6 is 11.8 Å². The van der Waals surface area contributed by atoms with Gasteiger partial charge in [0.05, 0.1) is 25.4 Å². The number of carbonyl (C=O) groups is 2. The van der Waals surface area contributed by atoms with Gasteiger partial charge in [-0.25, -0.2) is 9.59 Å². The molecule has 2 rings (SSSR count). The van der Waals surface area contributed by atoms with Crippen LogP contribution in [-0.2, 0) is 19.1 Å². The molecule has 0 saturated heterocycles. The van der Waals surface area contributed by atoms with Gasteiger partial charge in [0.25, 0.3) is 0 Å². The summed E-state index contributed by atoms with van der Waals surface area (Å²) in [5.74, 6) is -0.407. The molecular weight excluding hydrogens is 384 g/mol. The number of allylic oxidation sites excluding steroid dienone is 7. The first-order valence-corrected chi connectivity index (χ1v) is 10.9. The Hall–Kier alpha value is -2.27. The maximum Gasteiger partial charge on any atom is 0.339 e. The number of rotatable bonds is 4. The SMILES string of the molecule is COC(=O)C1=C(C(=O)OC)C2=C(CSC)C=C(C(C)(C)C)C=C(C)C2=C(C)C=C1. The molecule has 0 heterocycles. The van der Waals surface area contributed by atoms with Crippen LogP contribution in [0.25, 0.3) is 0 Å². The number of thioether (sulfide) groups is 1. The second-order valence-corrected chi connectivity index (χ2v) is 9.04. The fourth-order valence-corrected chi connectivity index (χ4v) is 4.10. The average Bonchev–Trinajstić information content (AvgIpc) is 2.90. The third kappa shape index (κ3) is 4.67. The van der Waals surface area contributed by atoms with Gasteiger partial charge in [0.1, 0.15) is 0 Å². The standard InChI is InChI=1S/C24H30O4S/c1-14-9-10-18(22(25)27-6)21(23(26)28-7)20-16(13-29-8)12-17(24(3,4)5)11-15(2)19(14)20/h9-12H,13H2,1-8H3. The fourth-order valence-electron chi connectivity index (χ4n) is 3.56. The summed E-state index contributed by atoms with van der Waals surface area (Å²) in [5, 5.41) is 0. The Morgan fingerprint density at radius 1 is 0.966 bits per heavy atom. The molecule has 0 radical (unpaired) electrons. The largest absolute Gasteiger partial charge is 0.465 e. The molecule has 0 fully saturated rings. The van der Waals surface area contributed by atoms with Gasteiger partial charge in [-0.1, -0.05) is 39.0 Å². The van der Waals surface area contributed by atoms with Crippen molar-refractivity contribution in [2.75, 3.05) is 26.2 Å². The smallest absolute Gasteiger partial charge is 0.339 e. The summed E-state index contributed by atoms with van der Waals surface area (Å²) >= 11 is 1.67. The first-order chi connectivity index (χ1) is 13.6. The van der Waals surface area contributed by atoms with Crippen molar-refractivity contribution in [2.24, 2.45) is 5.41 Å². The molecule has 0 bridgehead atoms. The van der Waals surface area contributed by atoms with E-state index in [4.69, 9.17) is 9.47 Å². The molecule has 4 nitrogen and oxygen atoms in total. The molecule has 0 N–H and O–H groups in total. The molecule has 0 aliphatic heterocycles. The lowest BCUT2D eigenvalue weighted by Crippen LogP contribution is -2.17. The Morgan fingerprint density at radius 2 is 1.59 bits per heavy atom. The summed E-state index contributed by atoms with van der Waals surface area (Å²) in [6.45, 7) is 10.6. The van der Waals surface area contributed by atoms with E-state index in [9.17, 15) is 9.59 Å². The summed E-state index contributed by atoms with van der Waals surface area (Å²) in [6, 6.07) is 0. The van der Waals surface area contributed by atoms with Gasteiger partial charge >= 0.3 is 11.9 Å². The highest BCUT2D eigenvalue weighted by atomic mass is 32.2. The van der Waals surface area contributed by atoms with Crippen LogP contribution in [0.1, 0.15) is 34.6 Å². The first-order valence-electron chi connectivity index (χ1n) is 9.50. The molecule has 29 heavy (non-hydrogen) atoms. The normalized spacial score (nSPS) is 17.4. The molecule has 0 saturated carbocycles. The predicted molar refractivity (Wildman–Crippen MR) is 120 cm³/mol. The number of ether oxygens (including phenoxy) is 2. The number of hydrogen-bond acceptors (Lipinski definition) is 5. The lowest BCUT2D eigenvalue weighted by atomic mass is 9.84. The summed E-state index contributed by atoms with van der Waals surface area (Å²) in [6.07, 6.45) is 9.88. The molecule has 0 spiro atoms. The fraction of sp³-hybridized carbons (Fsp3) is 0.417. The van der Waals surface area contributed by atoms with Gasteiger partial charge in [-0.2, -0.15) is 11.8 Å². The minimum Gasteiger partial charge on any atom is -0.465 e. The zero-order chi connectivity index (χ0) is 21.9. The second kappa shape index (κ2) is 9.04. The lowest BCUT2D eigenvalue weighted by Gasteiger charge is -2.21. The molecule has 0 aromatic carbocycles. The topological polar surface area (TPSA) is 52.6 Å². The number of methoxy groups -OCH3 is 2. The molecule has 0 aromatic rings. The van der Waals surface area contributed by atoms with Gasteiger partial charge in [0.2, 0.25) is 0 Å². The van der Waals surface area contributed by atoms with Crippen molar-refractivity contribution in [2.45, 2.75) is 34.6 Å². The van der Waals surface area contributed by atoms with Crippen molar-refractivity contribution in [1.29, 1.82) is 0 Å². The maximum absolute atomic E-state index is 12.9. The summed E-state index contributed by atoms with van der Waals surface area (Å²) in [7, 11) is 2.65. The van der Waals surface area contributed by atoms with Crippen molar-refractivity contribution in [3.8, 4) is 0 Å². The summed E-state index contributed by atoms with van der Waals surface area (Å²) in [4.78, 5) is 25.5. The van der Waals surface area contributed by atoms with Crippen LogP contribution in [0.4, 0.5) is 0 Å². The highest BCUT2D eigenvalue weighted by Gasteiger charge is 2.33. The quantitative estimate of drug-likeness (QED) is 0.599. The van der Waals surface area contributed by atoms with Crippen LogP contribution in [-0.4, -0.2) is 38.2 Å². The predicted octanol–water partition coefficient (Wildman–Crippen LogP) is 5.11. The van der Waals surface area contributed by atoms with E-state index in [1.54, 1.807) is 17.8 Å². The molecule has 2 aliphatic rings. The van der Waals surface area contributed by atoms with Crippen molar-refractivity contribution >= 4 is 23.7 Å². The van der Waals surface area contributed by atoms with E-state index in [1.807, 2.05) is 26.2 Å². The van der Waals surface area contributed by atoms with E-state index in [0.717, 1.165) is 27.9 Å². The number of carbonyl (C=O) groups excluding carboxylic acids is 2. The Kier molecular flexibility index (Phi) is 7.17. The Bertz CT molecular complexity index is 915. The molecule has 0 unspecified atom stereocenters. The van der Waals surface area contributed by atoms with E-state index in [-0.39, 0.29) is 16.6 Å². The maximum atomic E-state index is 12.9. The van der Waals surface area contributed by atoms with Gasteiger partial charge in [0, 0.05) is 11.3 Å². The van der Waals surface area contributed by atoms with E-state index in [1.165, 1.54) is 19.8 Å². The second-order valence-electron chi connectivity index (χ2n) is 8.17. The van der Waals surface area contributed by atoms with Crippen LogP contribution in [0.5, 0.6) is 0 Å². The molecular formula is C24H30O4S. The molecule has 156 valence electrons. The van der Waals surface area contributed by atoms with Gasteiger partial charge < -0.3 is 9.47 Å². The van der Waals surface area contributed by atoms with Crippen LogP contribution in [0.15, 0.2) is 68.9 Å². The molecule has 0 aromatic heterocycles. The van der Waals surface area contributed by atoms with E-state index in [2.05, 4.69) is 32.9 Å². The van der Waals surface area contributed by atoms with E-state index < -0.39 is 11.9 Å². The van der Waals surface area contributed by atoms with Crippen molar-refractivity contribution in [1.82, 2.24) is 0 Å². The minimum absolute atomic E-state index is 0.0698. The number of fused-ring (bicyclic) bond motifs is 1. The van der Waals surface area contributed by atoms with Crippen LogP contribution in [0, 0.1) is 5.41 Å². The number of hydrogen-bond donors (Lipinski definition) is 0. The van der Waals surface area contributed by atoms with E-state index >= 15 is 0 Å².